The Labute approximate surface area is 90.1 Å². The van der Waals surface area contributed by atoms with Gasteiger partial charge in [0.25, 0.3) is 0 Å². The van der Waals surface area contributed by atoms with Crippen molar-refractivity contribution >= 4 is 5.97 Å². The van der Waals surface area contributed by atoms with Crippen LogP contribution in [0.3, 0.4) is 0 Å². The molecule has 1 aliphatic rings. The predicted molar refractivity (Wildman–Crippen MR) is 56.0 cm³/mol. The number of nitriles is 1. The van der Waals surface area contributed by atoms with Crippen LogP contribution in [0.5, 0.6) is 0 Å². The minimum atomic E-state index is -0.502. The highest BCUT2D eigenvalue weighted by atomic mass is 16.5. The van der Waals surface area contributed by atoms with Gasteiger partial charge < -0.3 is 9.64 Å². The average molecular weight is 208 g/mol. The molecule has 0 saturated carbocycles. The molecule has 1 fully saturated rings. The zero-order valence-electron chi connectivity index (χ0n) is 9.25. The second kappa shape index (κ2) is 5.52. The maximum Gasteiger partial charge on any atom is 0.348 e. The number of rotatable bonds is 2. The molecule has 0 aromatic carbocycles. The molecule has 0 radical (unpaired) electrons. The van der Waals surface area contributed by atoms with Crippen LogP contribution in [0.2, 0.25) is 0 Å². The average Bonchev–Trinajstić information content (AvgIpc) is 2.30. The molecule has 1 saturated heterocycles. The normalized spacial score (nSPS) is 17.0. The van der Waals surface area contributed by atoms with Gasteiger partial charge in [0.1, 0.15) is 11.6 Å². The quantitative estimate of drug-likeness (QED) is 0.387. The summed E-state index contributed by atoms with van der Waals surface area (Å²) in [5.74, 6) is -0.502. The van der Waals surface area contributed by atoms with Crippen LogP contribution < -0.4 is 0 Å². The minimum absolute atomic E-state index is 0.202. The van der Waals surface area contributed by atoms with Crippen molar-refractivity contribution in [2.75, 3.05) is 26.7 Å². The summed E-state index contributed by atoms with van der Waals surface area (Å²) in [6.07, 6.45) is 1.59. The molecule has 4 heteroatoms. The Morgan fingerprint density at radius 3 is 2.53 bits per heavy atom. The first-order chi connectivity index (χ1) is 7.22. The Hall–Kier alpha value is -1.34. The lowest BCUT2D eigenvalue weighted by Gasteiger charge is -2.27. The van der Waals surface area contributed by atoms with E-state index in [9.17, 15) is 4.79 Å². The van der Waals surface area contributed by atoms with Crippen LogP contribution in [0.1, 0.15) is 19.8 Å². The topological polar surface area (TPSA) is 53.3 Å². The standard InChI is InChI=1S/C11H16N2O2/c1-3-13-6-4-9(5-7-13)10(8-12)11(14)15-2/h3-7H2,1-2H3. The van der Waals surface area contributed by atoms with Gasteiger partial charge in [0.05, 0.1) is 7.11 Å². The van der Waals surface area contributed by atoms with Gasteiger partial charge in [0, 0.05) is 13.1 Å². The number of hydrogen-bond donors (Lipinski definition) is 0. The molecule has 0 aromatic rings. The van der Waals surface area contributed by atoms with Crippen LogP contribution in [0.15, 0.2) is 11.1 Å². The Bertz CT molecular complexity index is 305. The van der Waals surface area contributed by atoms with E-state index in [1.165, 1.54) is 7.11 Å². The second-order valence-electron chi connectivity index (χ2n) is 3.52. The van der Waals surface area contributed by atoms with Gasteiger partial charge in [-0.3, -0.25) is 0 Å². The first-order valence-corrected chi connectivity index (χ1v) is 5.15. The maximum atomic E-state index is 11.3. The highest BCUT2D eigenvalue weighted by Gasteiger charge is 2.20. The molecule has 0 aliphatic carbocycles. The summed E-state index contributed by atoms with van der Waals surface area (Å²) >= 11 is 0. The van der Waals surface area contributed by atoms with E-state index in [4.69, 9.17) is 5.26 Å². The zero-order valence-corrected chi connectivity index (χ0v) is 9.25. The first kappa shape index (κ1) is 11.7. The van der Waals surface area contributed by atoms with Crippen LogP contribution in [-0.2, 0) is 9.53 Å². The number of piperidine rings is 1. The third kappa shape index (κ3) is 2.80. The lowest BCUT2D eigenvalue weighted by atomic mass is 9.98. The lowest BCUT2D eigenvalue weighted by Crippen LogP contribution is -2.31. The van der Waals surface area contributed by atoms with Crippen molar-refractivity contribution in [1.82, 2.24) is 4.90 Å². The molecule has 0 atom stereocenters. The Morgan fingerprint density at radius 1 is 1.53 bits per heavy atom. The lowest BCUT2D eigenvalue weighted by molar-refractivity contribution is -0.135. The number of carbonyl (C=O) groups is 1. The van der Waals surface area contributed by atoms with Crippen LogP contribution >= 0.6 is 0 Å². The highest BCUT2D eigenvalue weighted by molar-refractivity contribution is 5.93. The van der Waals surface area contributed by atoms with Crippen molar-refractivity contribution < 1.29 is 9.53 Å². The number of methoxy groups -OCH3 is 1. The van der Waals surface area contributed by atoms with Gasteiger partial charge >= 0.3 is 5.97 Å². The maximum absolute atomic E-state index is 11.3. The summed E-state index contributed by atoms with van der Waals surface area (Å²) < 4.78 is 4.58. The van der Waals surface area contributed by atoms with E-state index in [0.717, 1.165) is 38.0 Å². The van der Waals surface area contributed by atoms with E-state index >= 15 is 0 Å². The molecule has 1 heterocycles. The van der Waals surface area contributed by atoms with E-state index < -0.39 is 5.97 Å². The molecule has 0 spiro atoms. The van der Waals surface area contributed by atoms with E-state index in [1.807, 2.05) is 6.07 Å². The fourth-order valence-electron chi connectivity index (χ4n) is 1.76. The molecule has 1 aliphatic heterocycles. The molecule has 82 valence electrons. The Kier molecular flexibility index (Phi) is 4.32. The molecule has 0 aromatic heterocycles. The van der Waals surface area contributed by atoms with Crippen molar-refractivity contribution in [2.45, 2.75) is 19.8 Å². The third-order valence-corrected chi connectivity index (χ3v) is 2.76. The fourth-order valence-corrected chi connectivity index (χ4v) is 1.76. The molecule has 0 bridgehead atoms. The number of esters is 1. The summed E-state index contributed by atoms with van der Waals surface area (Å²) in [5.41, 5.74) is 1.14. The number of carbonyl (C=O) groups excluding carboxylic acids is 1. The van der Waals surface area contributed by atoms with Crippen molar-refractivity contribution in [3.8, 4) is 6.07 Å². The molecule has 1 rings (SSSR count). The van der Waals surface area contributed by atoms with Gasteiger partial charge in [-0.25, -0.2) is 4.79 Å². The summed E-state index contributed by atoms with van der Waals surface area (Å²) in [4.78, 5) is 13.6. The van der Waals surface area contributed by atoms with Gasteiger partial charge in [-0.05, 0) is 25.0 Å². The molecule has 4 nitrogen and oxygen atoms in total. The SMILES string of the molecule is CCN1CCC(=C(C#N)C(=O)OC)CC1. The van der Waals surface area contributed by atoms with E-state index in [1.54, 1.807) is 0 Å². The molecule has 0 amide bonds. The third-order valence-electron chi connectivity index (χ3n) is 2.76. The van der Waals surface area contributed by atoms with Crippen molar-refractivity contribution in [1.29, 1.82) is 5.26 Å². The van der Waals surface area contributed by atoms with Gasteiger partial charge in [-0.15, -0.1) is 0 Å². The first-order valence-electron chi connectivity index (χ1n) is 5.15. The predicted octanol–water partition coefficient (Wildman–Crippen LogP) is 1.10. The van der Waals surface area contributed by atoms with Gasteiger partial charge in [0.2, 0.25) is 0 Å². The number of ether oxygens (including phenoxy) is 1. The van der Waals surface area contributed by atoms with Crippen LogP contribution in [-0.4, -0.2) is 37.6 Å². The molecular formula is C11H16N2O2. The van der Waals surface area contributed by atoms with Gasteiger partial charge in [0.15, 0.2) is 0 Å². The van der Waals surface area contributed by atoms with Crippen molar-refractivity contribution in [3.05, 3.63) is 11.1 Å². The van der Waals surface area contributed by atoms with Crippen molar-refractivity contribution in [3.63, 3.8) is 0 Å². The molecule has 0 N–H and O–H groups in total. The molecular weight excluding hydrogens is 192 g/mol. The van der Waals surface area contributed by atoms with Gasteiger partial charge in [-0.1, -0.05) is 6.92 Å². The highest BCUT2D eigenvalue weighted by Crippen LogP contribution is 2.20. The van der Waals surface area contributed by atoms with Crippen molar-refractivity contribution in [2.24, 2.45) is 0 Å². The summed E-state index contributed by atoms with van der Waals surface area (Å²) in [6.45, 7) is 4.98. The number of nitrogens with zero attached hydrogens (tertiary/aromatic N) is 2. The van der Waals surface area contributed by atoms with E-state index in [0.29, 0.717) is 0 Å². The largest absolute Gasteiger partial charge is 0.465 e. The van der Waals surface area contributed by atoms with Crippen LogP contribution in [0.25, 0.3) is 0 Å². The number of likely N-dealkylation sites (tertiary alicyclic amines) is 1. The smallest absolute Gasteiger partial charge is 0.348 e. The summed E-state index contributed by atoms with van der Waals surface area (Å²) in [6, 6.07) is 1.94. The second-order valence-corrected chi connectivity index (χ2v) is 3.52. The Morgan fingerprint density at radius 2 is 2.13 bits per heavy atom. The van der Waals surface area contributed by atoms with E-state index in [-0.39, 0.29) is 5.57 Å². The minimum Gasteiger partial charge on any atom is -0.465 e. The number of hydrogen-bond acceptors (Lipinski definition) is 4. The van der Waals surface area contributed by atoms with Gasteiger partial charge in [-0.2, -0.15) is 5.26 Å². The Balaban J connectivity index is 2.74. The molecule has 15 heavy (non-hydrogen) atoms. The summed E-state index contributed by atoms with van der Waals surface area (Å²) in [5, 5.41) is 8.88. The van der Waals surface area contributed by atoms with E-state index in [2.05, 4.69) is 16.6 Å². The monoisotopic (exact) mass is 208 g/mol. The zero-order chi connectivity index (χ0) is 11.3. The fraction of sp³-hybridized carbons (Fsp3) is 0.636. The molecule has 0 unspecified atom stereocenters. The van der Waals surface area contributed by atoms with Crippen LogP contribution in [0, 0.1) is 11.3 Å². The summed E-state index contributed by atoms with van der Waals surface area (Å²) in [7, 11) is 1.31. The van der Waals surface area contributed by atoms with Crippen LogP contribution in [0.4, 0.5) is 0 Å².